The Morgan fingerprint density at radius 2 is 0.974 bits per heavy atom. The summed E-state index contributed by atoms with van der Waals surface area (Å²) in [4.78, 5) is 11.8. The summed E-state index contributed by atoms with van der Waals surface area (Å²) in [7, 11) is 0. The summed E-state index contributed by atoms with van der Waals surface area (Å²) in [6.45, 7) is 9.48. The van der Waals surface area contributed by atoms with Crippen LogP contribution in [0.15, 0.2) is 0 Å². The van der Waals surface area contributed by atoms with Crippen molar-refractivity contribution in [2.75, 3.05) is 79.2 Å². The standard InChI is InChI=1S/C31H61NO7/c1-2-3-4-5-6-7-8-9-10-11-12-13-14-15-31(33)39-29-27-37-25-23-35-21-20-34-22-24-36-26-28-38-30-16-18-32-19-17-30/h30,32H,2-29H2,1H3. The normalized spacial score (nSPS) is 14.2. The van der Waals surface area contributed by atoms with Crippen molar-refractivity contribution in [1.82, 2.24) is 5.32 Å². The van der Waals surface area contributed by atoms with Gasteiger partial charge >= 0.3 is 5.97 Å². The zero-order valence-electron chi connectivity index (χ0n) is 25.2. The molecule has 8 nitrogen and oxygen atoms in total. The lowest BCUT2D eigenvalue weighted by atomic mass is 10.0. The van der Waals surface area contributed by atoms with Gasteiger partial charge in [-0.05, 0) is 32.4 Å². The first-order valence-corrected chi connectivity index (χ1v) is 16.1. The molecule has 0 saturated carbocycles. The Bertz CT molecular complexity index is 503. The van der Waals surface area contributed by atoms with E-state index in [0.29, 0.717) is 78.6 Å². The van der Waals surface area contributed by atoms with Crippen LogP contribution in [0.4, 0.5) is 0 Å². The van der Waals surface area contributed by atoms with Gasteiger partial charge in [0.1, 0.15) is 6.61 Å². The molecule has 0 aliphatic carbocycles. The van der Waals surface area contributed by atoms with Crippen molar-refractivity contribution in [1.29, 1.82) is 0 Å². The summed E-state index contributed by atoms with van der Waals surface area (Å²) in [6.07, 6.45) is 20.0. The van der Waals surface area contributed by atoms with Crippen LogP contribution >= 0.6 is 0 Å². The van der Waals surface area contributed by atoms with E-state index in [1.165, 1.54) is 70.6 Å². The molecule has 8 heteroatoms. The predicted molar refractivity (Wildman–Crippen MR) is 156 cm³/mol. The fourth-order valence-electron chi connectivity index (χ4n) is 4.57. The van der Waals surface area contributed by atoms with Crippen molar-refractivity contribution >= 4 is 5.97 Å². The van der Waals surface area contributed by atoms with E-state index >= 15 is 0 Å². The summed E-state index contributed by atoms with van der Waals surface area (Å²) in [5, 5.41) is 3.33. The average Bonchev–Trinajstić information content (AvgIpc) is 2.95. The molecule has 39 heavy (non-hydrogen) atoms. The van der Waals surface area contributed by atoms with E-state index in [4.69, 9.17) is 28.4 Å². The Morgan fingerprint density at radius 3 is 1.46 bits per heavy atom. The van der Waals surface area contributed by atoms with Crippen molar-refractivity contribution in [2.24, 2.45) is 0 Å². The maximum atomic E-state index is 11.8. The van der Waals surface area contributed by atoms with E-state index < -0.39 is 0 Å². The Labute approximate surface area is 239 Å². The summed E-state index contributed by atoms with van der Waals surface area (Å²) in [5.74, 6) is -0.117. The van der Waals surface area contributed by atoms with Crippen molar-refractivity contribution in [3.8, 4) is 0 Å². The Balaban J connectivity index is 1.67. The minimum absolute atomic E-state index is 0.117. The minimum atomic E-state index is -0.117. The van der Waals surface area contributed by atoms with Gasteiger partial charge in [-0.15, -0.1) is 0 Å². The molecule has 0 aromatic rings. The van der Waals surface area contributed by atoms with Crippen molar-refractivity contribution in [2.45, 2.75) is 116 Å². The molecule has 1 aliphatic heterocycles. The number of carbonyl (C=O) groups is 1. The number of rotatable bonds is 30. The van der Waals surface area contributed by atoms with Crippen LogP contribution < -0.4 is 5.32 Å². The van der Waals surface area contributed by atoms with Crippen LogP contribution in [0.5, 0.6) is 0 Å². The highest BCUT2D eigenvalue weighted by molar-refractivity contribution is 5.69. The van der Waals surface area contributed by atoms with Crippen LogP contribution in [0.25, 0.3) is 0 Å². The van der Waals surface area contributed by atoms with Gasteiger partial charge < -0.3 is 33.7 Å². The third-order valence-electron chi connectivity index (χ3n) is 6.96. The molecule has 1 rings (SSSR count). The van der Waals surface area contributed by atoms with Gasteiger partial charge in [0, 0.05) is 6.42 Å². The molecule has 0 radical (unpaired) electrons. The molecule has 0 atom stereocenters. The number of hydrogen-bond donors (Lipinski definition) is 1. The fraction of sp³-hybridized carbons (Fsp3) is 0.968. The Morgan fingerprint density at radius 1 is 0.564 bits per heavy atom. The van der Waals surface area contributed by atoms with Crippen LogP contribution in [-0.2, 0) is 33.2 Å². The van der Waals surface area contributed by atoms with E-state index in [2.05, 4.69) is 12.2 Å². The van der Waals surface area contributed by atoms with Crippen LogP contribution in [-0.4, -0.2) is 91.2 Å². The maximum absolute atomic E-state index is 11.8. The molecule has 0 aromatic carbocycles. The van der Waals surface area contributed by atoms with Gasteiger partial charge in [0.25, 0.3) is 0 Å². The van der Waals surface area contributed by atoms with Crippen LogP contribution in [0.1, 0.15) is 110 Å². The quantitative estimate of drug-likeness (QED) is 0.0867. The van der Waals surface area contributed by atoms with E-state index in [-0.39, 0.29) is 5.97 Å². The molecule has 0 bridgehead atoms. The largest absolute Gasteiger partial charge is 0.463 e. The molecule has 232 valence electrons. The van der Waals surface area contributed by atoms with E-state index in [1.54, 1.807) is 0 Å². The molecule has 0 amide bonds. The first-order valence-electron chi connectivity index (χ1n) is 16.1. The van der Waals surface area contributed by atoms with E-state index in [9.17, 15) is 4.79 Å². The highest BCUT2D eigenvalue weighted by Gasteiger charge is 2.12. The van der Waals surface area contributed by atoms with Gasteiger partial charge in [-0.2, -0.15) is 0 Å². The lowest BCUT2D eigenvalue weighted by molar-refractivity contribution is -0.145. The maximum Gasteiger partial charge on any atom is 0.305 e. The molecule has 1 N–H and O–H groups in total. The second-order valence-electron chi connectivity index (χ2n) is 10.5. The topological polar surface area (TPSA) is 84.5 Å². The Kier molecular flexibility index (Phi) is 28.1. The van der Waals surface area contributed by atoms with Gasteiger partial charge in [0.15, 0.2) is 0 Å². The highest BCUT2D eigenvalue weighted by atomic mass is 16.6. The third kappa shape index (κ3) is 27.2. The zero-order chi connectivity index (χ0) is 27.9. The van der Waals surface area contributed by atoms with Crippen LogP contribution in [0.2, 0.25) is 0 Å². The predicted octanol–water partition coefficient (Wildman–Crippen LogP) is 5.85. The highest BCUT2D eigenvalue weighted by Crippen LogP contribution is 2.13. The summed E-state index contributed by atoms with van der Waals surface area (Å²) in [5.41, 5.74) is 0. The molecule has 1 heterocycles. The molecule has 0 spiro atoms. The van der Waals surface area contributed by atoms with Gasteiger partial charge in [-0.1, -0.05) is 84.0 Å². The third-order valence-corrected chi connectivity index (χ3v) is 6.96. The molecule has 1 aliphatic rings. The summed E-state index contributed by atoms with van der Waals surface area (Å²) in [6, 6.07) is 0. The number of ether oxygens (including phenoxy) is 6. The van der Waals surface area contributed by atoms with E-state index in [1.807, 2.05) is 0 Å². The zero-order valence-corrected chi connectivity index (χ0v) is 25.2. The average molecular weight is 560 g/mol. The molecule has 0 aromatic heterocycles. The number of esters is 1. The minimum Gasteiger partial charge on any atom is -0.463 e. The lowest BCUT2D eigenvalue weighted by Gasteiger charge is -2.22. The summed E-state index contributed by atoms with van der Waals surface area (Å²) < 4.78 is 33.0. The first-order chi connectivity index (χ1) is 19.3. The van der Waals surface area contributed by atoms with Gasteiger partial charge in [-0.25, -0.2) is 0 Å². The Hall–Kier alpha value is -0.770. The molecular formula is C31H61NO7. The molecular weight excluding hydrogens is 498 g/mol. The second-order valence-corrected chi connectivity index (χ2v) is 10.5. The summed E-state index contributed by atoms with van der Waals surface area (Å²) >= 11 is 0. The van der Waals surface area contributed by atoms with Crippen molar-refractivity contribution < 1.29 is 33.2 Å². The smallest absolute Gasteiger partial charge is 0.305 e. The fourth-order valence-corrected chi connectivity index (χ4v) is 4.57. The lowest BCUT2D eigenvalue weighted by Crippen LogP contribution is -2.33. The number of carbonyl (C=O) groups excluding carboxylic acids is 1. The van der Waals surface area contributed by atoms with E-state index in [0.717, 1.165) is 38.8 Å². The molecule has 1 fully saturated rings. The monoisotopic (exact) mass is 559 g/mol. The number of piperidine rings is 1. The van der Waals surface area contributed by atoms with Crippen molar-refractivity contribution in [3.63, 3.8) is 0 Å². The van der Waals surface area contributed by atoms with Crippen LogP contribution in [0, 0.1) is 0 Å². The number of nitrogens with one attached hydrogen (secondary N) is 1. The second kappa shape index (κ2) is 30.2. The van der Waals surface area contributed by atoms with Crippen molar-refractivity contribution in [3.05, 3.63) is 0 Å². The molecule has 0 unspecified atom stereocenters. The SMILES string of the molecule is CCCCCCCCCCCCCCCC(=O)OCCOCCOCCOCCOCCOC1CCNCC1. The number of hydrogen-bond acceptors (Lipinski definition) is 8. The van der Waals surface area contributed by atoms with Crippen LogP contribution in [0.3, 0.4) is 0 Å². The van der Waals surface area contributed by atoms with Gasteiger partial charge in [0.2, 0.25) is 0 Å². The molecule has 1 saturated heterocycles. The number of unbranched alkanes of at least 4 members (excludes halogenated alkanes) is 12. The first kappa shape index (κ1) is 36.3. The van der Waals surface area contributed by atoms with Gasteiger partial charge in [-0.3, -0.25) is 4.79 Å². The van der Waals surface area contributed by atoms with Gasteiger partial charge in [0.05, 0.1) is 65.6 Å².